The second-order valence-electron chi connectivity index (χ2n) is 7.33. The van der Waals surface area contributed by atoms with E-state index in [1.165, 1.54) is 0 Å². The molecule has 0 atom stereocenters. The summed E-state index contributed by atoms with van der Waals surface area (Å²) in [5.74, 6) is -0.293. The lowest BCUT2D eigenvalue weighted by atomic mass is 9.93. The van der Waals surface area contributed by atoms with Crippen molar-refractivity contribution >= 4 is 11.9 Å². The molecule has 0 aromatic carbocycles. The van der Waals surface area contributed by atoms with Gasteiger partial charge in [-0.25, -0.2) is 4.79 Å². The Morgan fingerprint density at radius 1 is 1.14 bits per heavy atom. The van der Waals surface area contributed by atoms with E-state index in [1.807, 2.05) is 25.7 Å². The number of nitrogens with two attached hydrogens (primary N) is 1. The van der Waals surface area contributed by atoms with Gasteiger partial charge >= 0.3 is 6.03 Å². The van der Waals surface area contributed by atoms with Crippen LogP contribution in [0, 0.1) is 5.41 Å². The number of carbonyl (C=O) groups excluding carboxylic acids is 2. The zero-order valence-corrected chi connectivity index (χ0v) is 14.4. The van der Waals surface area contributed by atoms with E-state index in [1.54, 1.807) is 0 Å². The van der Waals surface area contributed by atoms with E-state index in [-0.39, 0.29) is 23.4 Å². The number of hydrogen-bond acceptors (Lipinski definition) is 4. The number of amides is 3. The number of hydrogen-bond donors (Lipinski definition) is 3. The molecule has 6 heteroatoms. The van der Waals surface area contributed by atoms with Crippen molar-refractivity contribution in [1.29, 1.82) is 0 Å². The molecule has 0 rings (SSSR count). The molecule has 0 aliphatic heterocycles. The third-order valence-electron chi connectivity index (χ3n) is 2.85. The molecular formula is C15H32N4O2. The van der Waals surface area contributed by atoms with Gasteiger partial charge in [0.2, 0.25) is 5.91 Å². The van der Waals surface area contributed by atoms with Gasteiger partial charge in [-0.1, -0.05) is 20.8 Å². The fourth-order valence-corrected chi connectivity index (χ4v) is 1.94. The molecule has 0 saturated carbocycles. The summed E-state index contributed by atoms with van der Waals surface area (Å²) in [4.78, 5) is 25.7. The normalized spacial score (nSPS) is 12.4. The predicted molar refractivity (Wildman–Crippen MR) is 86.0 cm³/mol. The molecule has 0 radical (unpaired) electrons. The zero-order valence-electron chi connectivity index (χ0n) is 14.4. The summed E-state index contributed by atoms with van der Waals surface area (Å²) in [5, 5.41) is 5.07. The van der Waals surface area contributed by atoms with E-state index in [0.29, 0.717) is 6.54 Å². The van der Waals surface area contributed by atoms with Crippen LogP contribution in [0.3, 0.4) is 0 Å². The van der Waals surface area contributed by atoms with E-state index in [4.69, 9.17) is 5.73 Å². The highest BCUT2D eigenvalue weighted by Gasteiger charge is 2.22. The topological polar surface area (TPSA) is 87.5 Å². The van der Waals surface area contributed by atoms with Crippen LogP contribution in [0.1, 0.15) is 48.0 Å². The number of imide groups is 1. The first-order valence-electron chi connectivity index (χ1n) is 7.53. The molecule has 4 N–H and O–H groups in total. The van der Waals surface area contributed by atoms with Crippen LogP contribution in [0.4, 0.5) is 4.79 Å². The zero-order chi connectivity index (χ0) is 16.7. The first kappa shape index (κ1) is 19.9. The minimum atomic E-state index is -0.456. The first-order chi connectivity index (χ1) is 9.49. The second kappa shape index (κ2) is 8.34. The van der Waals surface area contributed by atoms with Gasteiger partial charge in [-0.15, -0.1) is 0 Å². The van der Waals surface area contributed by atoms with Crippen LogP contribution in [-0.4, -0.2) is 48.6 Å². The number of nitrogens with one attached hydrogen (secondary N) is 2. The van der Waals surface area contributed by atoms with Gasteiger partial charge in [0.15, 0.2) is 0 Å². The molecular weight excluding hydrogens is 268 g/mol. The van der Waals surface area contributed by atoms with Gasteiger partial charge in [0.25, 0.3) is 0 Å². The number of carbonyl (C=O) groups is 2. The largest absolute Gasteiger partial charge is 0.333 e. The smallest absolute Gasteiger partial charge is 0.321 e. The monoisotopic (exact) mass is 300 g/mol. The molecule has 124 valence electrons. The predicted octanol–water partition coefficient (Wildman–Crippen LogP) is 1.31. The summed E-state index contributed by atoms with van der Waals surface area (Å²) in [6.07, 6.45) is 0.947. The third kappa shape index (κ3) is 10.3. The maximum atomic E-state index is 12.0. The Morgan fingerprint density at radius 2 is 1.71 bits per heavy atom. The summed E-state index contributed by atoms with van der Waals surface area (Å²) < 4.78 is 0. The van der Waals surface area contributed by atoms with Crippen LogP contribution in [0.2, 0.25) is 0 Å². The molecule has 6 nitrogen and oxygen atoms in total. The van der Waals surface area contributed by atoms with Crippen LogP contribution in [0.5, 0.6) is 0 Å². The van der Waals surface area contributed by atoms with Crippen LogP contribution < -0.4 is 16.4 Å². The van der Waals surface area contributed by atoms with Crippen molar-refractivity contribution < 1.29 is 9.59 Å². The Hall–Kier alpha value is -1.14. The minimum absolute atomic E-state index is 0.0525. The number of nitrogens with zero attached hydrogens (tertiary/aromatic N) is 1. The quantitative estimate of drug-likeness (QED) is 0.661. The Bertz CT molecular complexity index is 348. The van der Waals surface area contributed by atoms with Gasteiger partial charge in [-0.2, -0.15) is 0 Å². The van der Waals surface area contributed by atoms with Crippen molar-refractivity contribution in [1.82, 2.24) is 15.5 Å². The summed E-state index contributed by atoms with van der Waals surface area (Å²) in [6, 6.07) is -0.456. The minimum Gasteiger partial charge on any atom is -0.333 e. The third-order valence-corrected chi connectivity index (χ3v) is 2.85. The van der Waals surface area contributed by atoms with Crippen LogP contribution >= 0.6 is 0 Å². The van der Waals surface area contributed by atoms with E-state index >= 15 is 0 Å². The first-order valence-corrected chi connectivity index (χ1v) is 7.53. The second-order valence-corrected chi connectivity index (χ2v) is 7.33. The van der Waals surface area contributed by atoms with Crippen molar-refractivity contribution in [2.45, 2.75) is 53.5 Å². The molecule has 0 aromatic rings. The Labute approximate surface area is 128 Å². The molecule has 0 bridgehead atoms. The van der Waals surface area contributed by atoms with Gasteiger partial charge in [0.05, 0.1) is 6.54 Å². The summed E-state index contributed by atoms with van der Waals surface area (Å²) >= 11 is 0. The molecule has 0 fully saturated rings. The molecule has 0 saturated heterocycles. The highest BCUT2D eigenvalue weighted by Crippen LogP contribution is 2.14. The summed E-state index contributed by atoms with van der Waals surface area (Å²) in [6.45, 7) is 14.1. The molecule has 0 spiro atoms. The van der Waals surface area contributed by atoms with E-state index in [9.17, 15) is 9.59 Å². The highest BCUT2D eigenvalue weighted by molar-refractivity contribution is 5.95. The van der Waals surface area contributed by atoms with E-state index in [0.717, 1.165) is 19.5 Å². The molecule has 0 aromatic heterocycles. The van der Waals surface area contributed by atoms with Gasteiger partial charge < -0.3 is 11.1 Å². The van der Waals surface area contributed by atoms with Gasteiger partial charge in [-0.05, 0) is 45.7 Å². The Morgan fingerprint density at radius 3 is 2.14 bits per heavy atom. The number of rotatable bonds is 7. The maximum absolute atomic E-state index is 12.0. The average Bonchev–Trinajstić information content (AvgIpc) is 2.25. The standard InChI is InChI=1S/C15H32N4O2/c1-7-8-19(11-15(5,6)10-16)9-12(20)17-13(21)18-14(2,3)4/h7-11,16H2,1-6H3,(H2,17,18,20,21). The van der Waals surface area contributed by atoms with E-state index < -0.39 is 6.03 Å². The molecule has 3 amide bonds. The summed E-state index contributed by atoms with van der Waals surface area (Å²) in [5.41, 5.74) is 5.32. The van der Waals surface area contributed by atoms with Crippen LogP contribution in [0.15, 0.2) is 0 Å². The van der Waals surface area contributed by atoms with Crippen molar-refractivity contribution in [2.75, 3.05) is 26.2 Å². The highest BCUT2D eigenvalue weighted by atomic mass is 16.2. The lowest BCUT2D eigenvalue weighted by molar-refractivity contribution is -0.121. The van der Waals surface area contributed by atoms with Crippen molar-refractivity contribution in [3.63, 3.8) is 0 Å². The Kier molecular flexibility index (Phi) is 7.89. The molecule has 0 heterocycles. The molecule has 0 unspecified atom stereocenters. The van der Waals surface area contributed by atoms with Crippen molar-refractivity contribution in [3.8, 4) is 0 Å². The van der Waals surface area contributed by atoms with Crippen LogP contribution in [0.25, 0.3) is 0 Å². The van der Waals surface area contributed by atoms with Crippen LogP contribution in [-0.2, 0) is 4.79 Å². The van der Waals surface area contributed by atoms with Gasteiger partial charge in [0, 0.05) is 12.1 Å². The fraction of sp³-hybridized carbons (Fsp3) is 0.867. The summed E-state index contributed by atoms with van der Waals surface area (Å²) in [7, 11) is 0. The molecule has 0 aliphatic carbocycles. The molecule has 21 heavy (non-hydrogen) atoms. The van der Waals surface area contributed by atoms with Crippen molar-refractivity contribution in [2.24, 2.45) is 11.1 Å². The van der Waals surface area contributed by atoms with Gasteiger partial charge in [-0.3, -0.25) is 15.0 Å². The maximum Gasteiger partial charge on any atom is 0.321 e. The number of urea groups is 1. The van der Waals surface area contributed by atoms with Crippen molar-refractivity contribution in [3.05, 3.63) is 0 Å². The lowest BCUT2D eigenvalue weighted by Gasteiger charge is -2.31. The fourth-order valence-electron chi connectivity index (χ4n) is 1.94. The SMILES string of the molecule is CCCN(CC(=O)NC(=O)NC(C)(C)C)CC(C)(C)CN. The average molecular weight is 300 g/mol. The molecule has 0 aliphatic rings. The van der Waals surface area contributed by atoms with E-state index in [2.05, 4.69) is 31.4 Å². The van der Waals surface area contributed by atoms with Gasteiger partial charge in [0.1, 0.15) is 0 Å². The Balaban J connectivity index is 4.45. The lowest BCUT2D eigenvalue weighted by Crippen LogP contribution is -2.51.